The Hall–Kier alpha value is -2.35. The zero-order valence-corrected chi connectivity index (χ0v) is 12.3. The summed E-state index contributed by atoms with van der Waals surface area (Å²) >= 11 is 0. The lowest BCUT2D eigenvalue weighted by molar-refractivity contribution is -0.127. The van der Waals surface area contributed by atoms with Gasteiger partial charge in [0, 0.05) is 11.3 Å². The summed E-state index contributed by atoms with van der Waals surface area (Å²) in [6.45, 7) is 6.28. The average molecular weight is 297 g/mol. The van der Waals surface area contributed by atoms with Gasteiger partial charge in [-0.15, -0.1) is 0 Å². The van der Waals surface area contributed by atoms with Crippen LogP contribution in [0.25, 0.3) is 0 Å². The first-order valence-corrected chi connectivity index (χ1v) is 6.33. The summed E-state index contributed by atoms with van der Waals surface area (Å²) in [6, 6.07) is -1.02. The van der Waals surface area contributed by atoms with Crippen LogP contribution in [0.4, 0.5) is 4.79 Å². The molecule has 0 radical (unpaired) electrons. The Morgan fingerprint density at radius 3 is 2.29 bits per heavy atom. The van der Waals surface area contributed by atoms with Crippen molar-refractivity contribution in [3.8, 4) is 0 Å². The van der Waals surface area contributed by atoms with Gasteiger partial charge in [0.1, 0.15) is 5.69 Å². The van der Waals surface area contributed by atoms with E-state index in [1.165, 1.54) is 6.92 Å². The average Bonchev–Trinajstić information content (AvgIpc) is 2.63. The summed E-state index contributed by atoms with van der Waals surface area (Å²) in [5.41, 5.74) is 6.76. The number of carbonyl (C=O) groups excluding carboxylic acids is 3. The minimum absolute atomic E-state index is 0.155. The van der Waals surface area contributed by atoms with Crippen LogP contribution >= 0.6 is 0 Å². The Kier molecular flexibility index (Phi) is 5.09. The number of nitrogens with two attached hydrogens (primary N) is 1. The summed E-state index contributed by atoms with van der Waals surface area (Å²) < 4.78 is 4.96. The highest BCUT2D eigenvalue weighted by Crippen LogP contribution is 2.25. The summed E-state index contributed by atoms with van der Waals surface area (Å²) in [7, 11) is 0. The highest BCUT2D eigenvalue weighted by molar-refractivity contribution is 5.98. The molecule has 0 spiro atoms. The lowest BCUT2D eigenvalue weighted by Gasteiger charge is -2.12. The number of aliphatic hydroxyl groups excluding tert-OH is 1. The molecule has 1 rings (SSSR count). The molecule has 0 unspecified atom stereocenters. The number of H-pyrrole nitrogens is 1. The van der Waals surface area contributed by atoms with Gasteiger partial charge in [0.15, 0.2) is 6.10 Å². The van der Waals surface area contributed by atoms with Crippen LogP contribution in [0.3, 0.4) is 0 Å². The van der Waals surface area contributed by atoms with Crippen LogP contribution in [0.5, 0.6) is 0 Å². The zero-order valence-electron chi connectivity index (χ0n) is 12.3. The van der Waals surface area contributed by atoms with Gasteiger partial charge in [-0.1, -0.05) is 0 Å². The SMILES string of the molecule is Cc1[nH]c(C(=O)O[C@H](C)C(=O)NC(N)=O)c(C)c1[C@H](C)O. The largest absolute Gasteiger partial charge is 0.448 e. The van der Waals surface area contributed by atoms with Crippen molar-refractivity contribution in [1.82, 2.24) is 10.3 Å². The standard InChI is InChI=1S/C13H19N3O5/c1-5-9(7(3)17)6(2)15-10(5)12(19)21-8(4)11(18)16-13(14)20/h7-8,15,17H,1-4H3,(H3,14,16,18,20)/t7-,8+/m0/s1. The third-order valence-corrected chi connectivity index (χ3v) is 3.02. The van der Waals surface area contributed by atoms with Crippen molar-refractivity contribution in [3.63, 3.8) is 0 Å². The number of nitrogens with one attached hydrogen (secondary N) is 2. The van der Waals surface area contributed by atoms with E-state index in [0.29, 0.717) is 16.8 Å². The fourth-order valence-electron chi connectivity index (χ4n) is 2.09. The van der Waals surface area contributed by atoms with Crippen molar-refractivity contribution in [2.45, 2.75) is 39.9 Å². The first-order valence-electron chi connectivity index (χ1n) is 6.33. The van der Waals surface area contributed by atoms with Crippen LogP contribution in [-0.2, 0) is 9.53 Å². The molecule has 0 bridgehead atoms. The molecule has 3 amide bonds. The number of rotatable bonds is 4. The Bertz CT molecular complexity index is 577. The summed E-state index contributed by atoms with van der Waals surface area (Å²) in [4.78, 5) is 36.9. The molecule has 8 nitrogen and oxygen atoms in total. The molecule has 0 saturated heterocycles. The summed E-state index contributed by atoms with van der Waals surface area (Å²) in [5, 5.41) is 11.5. The number of aryl methyl sites for hydroxylation is 1. The molecule has 0 aliphatic heterocycles. The third kappa shape index (κ3) is 3.82. The number of aromatic nitrogens is 1. The van der Waals surface area contributed by atoms with Crippen molar-refractivity contribution in [3.05, 3.63) is 22.5 Å². The van der Waals surface area contributed by atoms with Crippen molar-refractivity contribution >= 4 is 17.9 Å². The molecule has 0 aromatic carbocycles. The number of carbonyl (C=O) groups is 3. The summed E-state index contributed by atoms with van der Waals surface area (Å²) in [5.74, 6) is -1.57. The predicted molar refractivity (Wildman–Crippen MR) is 73.5 cm³/mol. The van der Waals surface area contributed by atoms with E-state index in [9.17, 15) is 19.5 Å². The van der Waals surface area contributed by atoms with Gasteiger partial charge in [0.25, 0.3) is 5.91 Å². The molecule has 1 aromatic rings. The Balaban J connectivity index is 2.88. The molecular formula is C13H19N3O5. The lowest BCUT2D eigenvalue weighted by Crippen LogP contribution is -2.42. The van der Waals surface area contributed by atoms with E-state index >= 15 is 0 Å². The second-order valence-electron chi connectivity index (χ2n) is 4.74. The molecule has 116 valence electrons. The van der Waals surface area contributed by atoms with Crippen molar-refractivity contribution in [2.24, 2.45) is 5.73 Å². The molecule has 5 N–H and O–H groups in total. The Labute approximate surface area is 121 Å². The monoisotopic (exact) mass is 297 g/mol. The maximum atomic E-state index is 12.0. The molecule has 21 heavy (non-hydrogen) atoms. The van der Waals surface area contributed by atoms with E-state index in [2.05, 4.69) is 4.98 Å². The van der Waals surface area contributed by atoms with Gasteiger partial charge < -0.3 is 20.6 Å². The van der Waals surface area contributed by atoms with E-state index in [1.807, 2.05) is 5.32 Å². The van der Waals surface area contributed by atoms with Crippen molar-refractivity contribution in [2.75, 3.05) is 0 Å². The van der Waals surface area contributed by atoms with Crippen LogP contribution in [-0.4, -0.2) is 34.1 Å². The van der Waals surface area contributed by atoms with E-state index in [1.54, 1.807) is 20.8 Å². The van der Waals surface area contributed by atoms with Crippen LogP contribution in [0.2, 0.25) is 0 Å². The number of esters is 1. The van der Waals surface area contributed by atoms with Gasteiger partial charge in [-0.2, -0.15) is 0 Å². The number of primary amides is 1. The highest BCUT2D eigenvalue weighted by Gasteiger charge is 2.25. The van der Waals surface area contributed by atoms with Gasteiger partial charge in [-0.3, -0.25) is 10.1 Å². The van der Waals surface area contributed by atoms with E-state index in [-0.39, 0.29) is 5.69 Å². The Morgan fingerprint density at radius 2 is 1.86 bits per heavy atom. The van der Waals surface area contributed by atoms with Crippen LogP contribution in [0, 0.1) is 13.8 Å². The molecule has 2 atom stereocenters. The molecule has 8 heteroatoms. The molecule has 0 fully saturated rings. The van der Waals surface area contributed by atoms with E-state index in [4.69, 9.17) is 10.5 Å². The quantitative estimate of drug-likeness (QED) is 0.597. The maximum absolute atomic E-state index is 12.0. The predicted octanol–water partition coefficient (Wildman–Crippen LogP) is 0.425. The molecule has 1 heterocycles. The highest BCUT2D eigenvalue weighted by atomic mass is 16.5. The molecule has 1 aromatic heterocycles. The second-order valence-corrected chi connectivity index (χ2v) is 4.74. The molecule has 0 aliphatic carbocycles. The van der Waals surface area contributed by atoms with E-state index < -0.39 is 30.1 Å². The van der Waals surface area contributed by atoms with E-state index in [0.717, 1.165) is 0 Å². The smallest absolute Gasteiger partial charge is 0.355 e. The number of ether oxygens (including phenoxy) is 1. The Morgan fingerprint density at radius 1 is 1.29 bits per heavy atom. The minimum atomic E-state index is -1.18. The number of amides is 3. The maximum Gasteiger partial charge on any atom is 0.355 e. The summed E-state index contributed by atoms with van der Waals surface area (Å²) in [6.07, 6.45) is -1.92. The van der Waals surface area contributed by atoms with Gasteiger partial charge >= 0.3 is 12.0 Å². The van der Waals surface area contributed by atoms with Gasteiger partial charge in [0.05, 0.1) is 6.10 Å². The first kappa shape index (κ1) is 16.7. The van der Waals surface area contributed by atoms with Crippen molar-refractivity contribution < 1.29 is 24.2 Å². The van der Waals surface area contributed by atoms with Crippen molar-refractivity contribution in [1.29, 1.82) is 0 Å². The normalized spacial score (nSPS) is 13.4. The first-order chi connectivity index (χ1) is 9.65. The van der Waals surface area contributed by atoms with Gasteiger partial charge in [0.2, 0.25) is 0 Å². The van der Waals surface area contributed by atoms with Gasteiger partial charge in [-0.05, 0) is 33.3 Å². The topological polar surface area (TPSA) is 135 Å². The second kappa shape index (κ2) is 6.40. The van der Waals surface area contributed by atoms with Crippen LogP contribution in [0.15, 0.2) is 0 Å². The number of aliphatic hydroxyl groups is 1. The number of aromatic amines is 1. The third-order valence-electron chi connectivity index (χ3n) is 3.02. The zero-order chi connectivity index (χ0) is 16.3. The number of urea groups is 1. The molecular weight excluding hydrogens is 278 g/mol. The fraction of sp³-hybridized carbons (Fsp3) is 0.462. The molecule has 0 aliphatic rings. The van der Waals surface area contributed by atoms with Crippen LogP contribution < -0.4 is 11.1 Å². The lowest BCUT2D eigenvalue weighted by atomic mass is 10.1. The number of imide groups is 1. The number of hydrogen-bond donors (Lipinski definition) is 4. The van der Waals surface area contributed by atoms with Gasteiger partial charge in [-0.25, -0.2) is 9.59 Å². The fourth-order valence-corrected chi connectivity index (χ4v) is 2.09. The van der Waals surface area contributed by atoms with Crippen LogP contribution in [0.1, 0.15) is 47.3 Å². The number of hydrogen-bond acceptors (Lipinski definition) is 5. The minimum Gasteiger partial charge on any atom is -0.448 e. The molecule has 0 saturated carbocycles.